The van der Waals surface area contributed by atoms with Crippen LogP contribution in [0.15, 0.2) is 4.90 Å². The summed E-state index contributed by atoms with van der Waals surface area (Å²) in [7, 11) is 0. The first kappa shape index (κ1) is 12.5. The summed E-state index contributed by atoms with van der Waals surface area (Å²) in [5.74, 6) is 0.447. The van der Waals surface area contributed by atoms with Crippen molar-refractivity contribution in [1.82, 2.24) is 4.37 Å². The third kappa shape index (κ3) is 2.50. The predicted molar refractivity (Wildman–Crippen MR) is 72.4 cm³/mol. The van der Waals surface area contributed by atoms with E-state index in [4.69, 9.17) is 11.5 Å². The summed E-state index contributed by atoms with van der Waals surface area (Å²) < 4.78 is 4.18. The molecule has 94 valence electrons. The molecular weight excluding hydrogens is 256 g/mol. The Bertz CT molecular complexity index is 412. The van der Waals surface area contributed by atoms with Gasteiger partial charge in [-0.2, -0.15) is 4.37 Å². The minimum atomic E-state index is -0.182. The largest absolute Gasteiger partial charge is 0.382 e. The zero-order chi connectivity index (χ0) is 12.4. The summed E-state index contributed by atoms with van der Waals surface area (Å²) in [5.41, 5.74) is 11.1. The number of piperidine rings is 1. The average Bonchev–Trinajstić information content (AvgIpc) is 2.70. The van der Waals surface area contributed by atoms with E-state index in [0.29, 0.717) is 5.82 Å². The molecule has 7 heteroatoms. The van der Waals surface area contributed by atoms with E-state index in [2.05, 4.69) is 9.27 Å². The molecule has 5 nitrogen and oxygen atoms in total. The lowest BCUT2D eigenvalue weighted by molar-refractivity contribution is -0.122. The monoisotopic (exact) mass is 272 g/mol. The van der Waals surface area contributed by atoms with E-state index >= 15 is 0 Å². The van der Waals surface area contributed by atoms with Crippen molar-refractivity contribution in [2.75, 3.05) is 30.0 Å². The Morgan fingerprint density at radius 1 is 1.53 bits per heavy atom. The van der Waals surface area contributed by atoms with E-state index in [1.165, 1.54) is 11.5 Å². The Balaban J connectivity index is 2.07. The van der Waals surface area contributed by atoms with Crippen LogP contribution >= 0.6 is 23.3 Å². The molecule has 1 aliphatic rings. The van der Waals surface area contributed by atoms with Gasteiger partial charge in [0.15, 0.2) is 5.82 Å². The van der Waals surface area contributed by atoms with Crippen LogP contribution in [0.2, 0.25) is 0 Å². The molecule has 2 heterocycles. The fourth-order valence-electron chi connectivity index (χ4n) is 2.05. The van der Waals surface area contributed by atoms with Crippen LogP contribution < -0.4 is 16.4 Å². The summed E-state index contributed by atoms with van der Waals surface area (Å²) in [6.07, 6.45) is 3.64. The van der Waals surface area contributed by atoms with Gasteiger partial charge in [0, 0.05) is 19.0 Å². The van der Waals surface area contributed by atoms with Crippen molar-refractivity contribution in [3.8, 4) is 0 Å². The number of carbonyl (C=O) groups is 1. The standard InChI is InChI=1S/C10H16N4OS2/c1-16-7-8(11)13-17-10(7)14-4-2-6(3-5-14)9(12)15/h6H,2-5H2,1H3,(H2,11,13)(H2,12,15). The lowest BCUT2D eigenvalue weighted by atomic mass is 9.96. The molecule has 0 aromatic carbocycles. The highest BCUT2D eigenvalue weighted by molar-refractivity contribution is 7.99. The van der Waals surface area contributed by atoms with Gasteiger partial charge in [-0.05, 0) is 30.6 Å². The Labute approximate surface area is 109 Å². The number of carbonyl (C=O) groups excluding carboxylic acids is 1. The van der Waals surface area contributed by atoms with Gasteiger partial charge in [-0.1, -0.05) is 0 Å². The number of aromatic nitrogens is 1. The molecule has 4 N–H and O–H groups in total. The number of rotatable bonds is 3. The maximum atomic E-state index is 11.1. The number of thioether (sulfide) groups is 1. The van der Waals surface area contributed by atoms with E-state index in [1.807, 2.05) is 6.26 Å². The summed E-state index contributed by atoms with van der Waals surface area (Å²) in [5, 5.41) is 1.12. The molecule has 1 aromatic heterocycles. The van der Waals surface area contributed by atoms with Crippen molar-refractivity contribution < 1.29 is 4.79 Å². The molecular formula is C10H16N4OS2. The Kier molecular flexibility index (Phi) is 3.78. The topological polar surface area (TPSA) is 85.2 Å². The van der Waals surface area contributed by atoms with Gasteiger partial charge >= 0.3 is 0 Å². The molecule has 1 fully saturated rings. The first-order valence-electron chi connectivity index (χ1n) is 5.47. The third-order valence-corrected chi connectivity index (χ3v) is 4.91. The molecule has 0 unspecified atom stereocenters. The van der Waals surface area contributed by atoms with Gasteiger partial charge in [-0.25, -0.2) is 0 Å². The van der Waals surface area contributed by atoms with Crippen molar-refractivity contribution in [3.05, 3.63) is 0 Å². The molecule has 0 radical (unpaired) electrons. The number of nitrogen functional groups attached to an aromatic ring is 1. The molecule has 0 aliphatic carbocycles. The molecule has 1 aromatic rings. The molecule has 1 aliphatic heterocycles. The van der Waals surface area contributed by atoms with E-state index < -0.39 is 0 Å². The predicted octanol–water partition coefficient (Wildman–Crippen LogP) is 1.15. The molecule has 0 bridgehead atoms. The zero-order valence-corrected chi connectivity index (χ0v) is 11.3. The first-order chi connectivity index (χ1) is 8.13. The first-order valence-corrected chi connectivity index (χ1v) is 7.46. The highest BCUT2D eigenvalue weighted by Crippen LogP contribution is 2.38. The lowest BCUT2D eigenvalue weighted by Crippen LogP contribution is -2.38. The fourth-order valence-corrected chi connectivity index (χ4v) is 3.78. The SMILES string of the molecule is CSc1c(N)nsc1N1CCC(C(N)=O)CC1. The van der Waals surface area contributed by atoms with Gasteiger partial charge in [0.2, 0.25) is 5.91 Å². The van der Waals surface area contributed by atoms with E-state index in [1.54, 1.807) is 11.8 Å². The van der Waals surface area contributed by atoms with Gasteiger partial charge in [-0.3, -0.25) is 4.79 Å². The second-order valence-corrected chi connectivity index (χ2v) is 5.64. The Morgan fingerprint density at radius 3 is 2.71 bits per heavy atom. The zero-order valence-electron chi connectivity index (χ0n) is 9.68. The van der Waals surface area contributed by atoms with Gasteiger partial charge < -0.3 is 16.4 Å². The Morgan fingerprint density at radius 2 is 2.18 bits per heavy atom. The summed E-state index contributed by atoms with van der Waals surface area (Å²) >= 11 is 3.05. The van der Waals surface area contributed by atoms with Crippen molar-refractivity contribution in [3.63, 3.8) is 0 Å². The fraction of sp³-hybridized carbons (Fsp3) is 0.600. The number of hydrogen-bond acceptors (Lipinski definition) is 6. The smallest absolute Gasteiger partial charge is 0.220 e. The number of primary amides is 1. The maximum Gasteiger partial charge on any atom is 0.220 e. The number of hydrogen-bond donors (Lipinski definition) is 2. The molecule has 0 spiro atoms. The Hall–Kier alpha value is -0.950. The quantitative estimate of drug-likeness (QED) is 0.806. The number of amides is 1. The highest BCUT2D eigenvalue weighted by Gasteiger charge is 2.26. The van der Waals surface area contributed by atoms with Crippen molar-refractivity contribution in [2.24, 2.45) is 11.7 Å². The third-order valence-electron chi connectivity index (χ3n) is 3.05. The molecule has 1 saturated heterocycles. The van der Waals surface area contributed by atoms with Crippen LogP contribution in [0.25, 0.3) is 0 Å². The van der Waals surface area contributed by atoms with Crippen LogP contribution in [0.5, 0.6) is 0 Å². The second kappa shape index (κ2) is 5.14. The second-order valence-electron chi connectivity index (χ2n) is 4.07. The van der Waals surface area contributed by atoms with E-state index in [-0.39, 0.29) is 11.8 Å². The van der Waals surface area contributed by atoms with Gasteiger partial charge in [-0.15, -0.1) is 11.8 Å². The molecule has 0 saturated carbocycles. The van der Waals surface area contributed by atoms with Gasteiger partial charge in [0.1, 0.15) is 5.00 Å². The highest BCUT2D eigenvalue weighted by atomic mass is 32.2. The van der Waals surface area contributed by atoms with Crippen molar-refractivity contribution >= 4 is 40.0 Å². The van der Waals surface area contributed by atoms with Crippen LogP contribution in [-0.4, -0.2) is 29.6 Å². The van der Waals surface area contributed by atoms with Crippen LogP contribution in [0.4, 0.5) is 10.8 Å². The van der Waals surface area contributed by atoms with E-state index in [0.717, 1.165) is 35.8 Å². The number of anilines is 2. The molecule has 0 atom stereocenters. The average molecular weight is 272 g/mol. The minimum Gasteiger partial charge on any atom is -0.382 e. The van der Waals surface area contributed by atoms with Gasteiger partial charge in [0.25, 0.3) is 0 Å². The summed E-state index contributed by atoms with van der Waals surface area (Å²) in [6, 6.07) is 0. The van der Waals surface area contributed by atoms with Crippen molar-refractivity contribution in [2.45, 2.75) is 17.7 Å². The van der Waals surface area contributed by atoms with Crippen LogP contribution in [-0.2, 0) is 4.79 Å². The minimum absolute atomic E-state index is 0.0225. The van der Waals surface area contributed by atoms with Crippen molar-refractivity contribution in [1.29, 1.82) is 0 Å². The van der Waals surface area contributed by atoms with Crippen LogP contribution in [0, 0.1) is 5.92 Å². The normalized spacial score (nSPS) is 17.4. The molecule has 2 rings (SSSR count). The summed E-state index contributed by atoms with van der Waals surface area (Å²) in [4.78, 5) is 14.4. The molecule has 1 amide bonds. The van der Waals surface area contributed by atoms with Crippen LogP contribution in [0.3, 0.4) is 0 Å². The molecule has 17 heavy (non-hydrogen) atoms. The maximum absolute atomic E-state index is 11.1. The number of nitrogens with two attached hydrogens (primary N) is 2. The lowest BCUT2D eigenvalue weighted by Gasteiger charge is -2.31. The summed E-state index contributed by atoms with van der Waals surface area (Å²) in [6.45, 7) is 1.70. The number of nitrogens with zero attached hydrogens (tertiary/aromatic N) is 2. The van der Waals surface area contributed by atoms with Crippen LogP contribution in [0.1, 0.15) is 12.8 Å². The van der Waals surface area contributed by atoms with E-state index in [9.17, 15) is 4.79 Å². The van der Waals surface area contributed by atoms with Gasteiger partial charge in [0.05, 0.1) is 4.90 Å².